The molecule has 148 valence electrons. The molecule has 0 unspecified atom stereocenters. The van der Waals surface area contributed by atoms with Gasteiger partial charge in [0.2, 0.25) is 0 Å². The lowest BCUT2D eigenvalue weighted by molar-refractivity contribution is 0.0746. The molecule has 1 aromatic carbocycles. The molecule has 0 spiro atoms. The fourth-order valence-corrected chi connectivity index (χ4v) is 3.90. The van der Waals surface area contributed by atoms with Crippen LogP contribution in [0.25, 0.3) is 0 Å². The van der Waals surface area contributed by atoms with Gasteiger partial charge in [0.25, 0.3) is 11.8 Å². The van der Waals surface area contributed by atoms with E-state index in [4.69, 9.17) is 11.6 Å². The van der Waals surface area contributed by atoms with Gasteiger partial charge in [-0.05, 0) is 47.8 Å². The number of hydrogen-bond donors (Lipinski definition) is 1. The number of carbonyl (C=O) groups excluding carboxylic acids is 2. The molecule has 0 aliphatic carbocycles. The molecular weight excluding hydrogens is 408 g/mol. The quantitative estimate of drug-likeness (QED) is 0.684. The number of halogens is 1. The Kier molecular flexibility index (Phi) is 5.78. The highest BCUT2D eigenvalue weighted by Crippen LogP contribution is 2.19. The van der Waals surface area contributed by atoms with Gasteiger partial charge in [-0.2, -0.15) is 0 Å². The lowest BCUT2D eigenvalue weighted by Crippen LogP contribution is -2.49. The van der Waals surface area contributed by atoms with Gasteiger partial charge < -0.3 is 15.1 Å². The van der Waals surface area contributed by atoms with Crippen molar-refractivity contribution in [1.29, 1.82) is 0 Å². The monoisotopic (exact) mass is 426 g/mol. The topological polar surface area (TPSA) is 65.5 Å². The first-order valence-corrected chi connectivity index (χ1v) is 10.5. The van der Waals surface area contributed by atoms with Gasteiger partial charge in [-0.3, -0.25) is 9.59 Å². The van der Waals surface area contributed by atoms with Crippen LogP contribution in [-0.2, 0) is 0 Å². The standard InChI is InChI=1S/C21H19ClN4O2S/c22-16-5-8-19(23-14-16)25-9-11-26(12-10-25)21(28)15-3-6-17(7-4-15)24-20(27)18-2-1-13-29-18/h1-8,13-14H,9-12H2,(H,24,27). The van der Waals surface area contributed by atoms with Crippen molar-refractivity contribution in [3.8, 4) is 0 Å². The van der Waals surface area contributed by atoms with Gasteiger partial charge in [0.1, 0.15) is 5.82 Å². The molecule has 1 saturated heterocycles. The molecule has 2 amide bonds. The molecule has 3 aromatic rings. The molecule has 29 heavy (non-hydrogen) atoms. The van der Waals surface area contributed by atoms with Crippen molar-refractivity contribution >= 4 is 46.3 Å². The van der Waals surface area contributed by atoms with Gasteiger partial charge >= 0.3 is 0 Å². The van der Waals surface area contributed by atoms with Crippen molar-refractivity contribution in [1.82, 2.24) is 9.88 Å². The first kappa shape index (κ1) is 19.4. The van der Waals surface area contributed by atoms with Crippen LogP contribution in [0.15, 0.2) is 60.1 Å². The summed E-state index contributed by atoms with van der Waals surface area (Å²) in [5.41, 5.74) is 1.27. The number of nitrogens with one attached hydrogen (secondary N) is 1. The second kappa shape index (κ2) is 8.63. The Bertz CT molecular complexity index is 983. The molecule has 1 N–H and O–H groups in total. The number of aromatic nitrogens is 1. The number of carbonyl (C=O) groups is 2. The van der Waals surface area contributed by atoms with E-state index in [1.165, 1.54) is 11.3 Å². The Balaban J connectivity index is 1.34. The van der Waals surface area contributed by atoms with Gasteiger partial charge in [-0.1, -0.05) is 17.7 Å². The van der Waals surface area contributed by atoms with E-state index in [2.05, 4.69) is 15.2 Å². The molecule has 1 fully saturated rings. The Hall–Kier alpha value is -2.90. The van der Waals surface area contributed by atoms with Crippen LogP contribution in [0.3, 0.4) is 0 Å². The molecule has 1 aliphatic rings. The minimum atomic E-state index is -0.147. The molecule has 6 nitrogen and oxygen atoms in total. The highest BCUT2D eigenvalue weighted by molar-refractivity contribution is 7.12. The molecule has 8 heteroatoms. The van der Waals surface area contributed by atoms with Gasteiger partial charge in [0.15, 0.2) is 0 Å². The molecule has 0 radical (unpaired) electrons. The predicted molar refractivity (Wildman–Crippen MR) is 116 cm³/mol. The van der Waals surface area contributed by atoms with Crippen LogP contribution >= 0.6 is 22.9 Å². The highest BCUT2D eigenvalue weighted by Gasteiger charge is 2.23. The summed E-state index contributed by atoms with van der Waals surface area (Å²) in [5, 5.41) is 5.31. The van der Waals surface area contributed by atoms with Crippen LogP contribution in [0.2, 0.25) is 5.02 Å². The number of hydrogen-bond acceptors (Lipinski definition) is 5. The Morgan fingerprint density at radius 1 is 1.00 bits per heavy atom. The second-order valence-corrected chi connectivity index (χ2v) is 8.01. The Morgan fingerprint density at radius 3 is 2.38 bits per heavy atom. The largest absolute Gasteiger partial charge is 0.353 e. The van der Waals surface area contributed by atoms with E-state index in [9.17, 15) is 9.59 Å². The van der Waals surface area contributed by atoms with Gasteiger partial charge in [-0.15, -0.1) is 11.3 Å². The van der Waals surface area contributed by atoms with Crippen molar-refractivity contribution in [2.45, 2.75) is 0 Å². The third kappa shape index (κ3) is 4.58. The Labute approximate surface area is 177 Å². The molecule has 2 aromatic heterocycles. The second-order valence-electron chi connectivity index (χ2n) is 6.62. The fraction of sp³-hybridized carbons (Fsp3) is 0.190. The summed E-state index contributed by atoms with van der Waals surface area (Å²) in [6.07, 6.45) is 1.63. The number of pyridine rings is 1. The summed E-state index contributed by atoms with van der Waals surface area (Å²) >= 11 is 7.28. The third-order valence-electron chi connectivity index (χ3n) is 4.74. The molecule has 1 aliphatic heterocycles. The van der Waals surface area contributed by atoms with Crippen LogP contribution < -0.4 is 10.2 Å². The molecule has 3 heterocycles. The molecule has 0 saturated carbocycles. The number of benzene rings is 1. The van der Waals surface area contributed by atoms with E-state index < -0.39 is 0 Å². The van der Waals surface area contributed by atoms with Crippen LogP contribution in [0.4, 0.5) is 11.5 Å². The van der Waals surface area contributed by atoms with Gasteiger partial charge in [0, 0.05) is 43.6 Å². The number of piperazine rings is 1. The number of anilines is 2. The molecule has 4 rings (SSSR count). The third-order valence-corrected chi connectivity index (χ3v) is 5.83. The van der Waals surface area contributed by atoms with Gasteiger partial charge in [-0.25, -0.2) is 4.98 Å². The van der Waals surface area contributed by atoms with E-state index in [1.807, 2.05) is 28.5 Å². The maximum absolute atomic E-state index is 12.8. The summed E-state index contributed by atoms with van der Waals surface area (Å²) in [5.74, 6) is 0.711. The maximum atomic E-state index is 12.8. The average Bonchev–Trinajstić information content (AvgIpc) is 3.30. The van der Waals surface area contributed by atoms with Crippen molar-refractivity contribution in [2.75, 3.05) is 36.4 Å². The lowest BCUT2D eigenvalue weighted by Gasteiger charge is -2.35. The van der Waals surface area contributed by atoms with Crippen LogP contribution in [0, 0.1) is 0 Å². The van der Waals surface area contributed by atoms with Gasteiger partial charge in [0.05, 0.1) is 9.90 Å². The summed E-state index contributed by atoms with van der Waals surface area (Å²) in [6.45, 7) is 2.69. The number of nitrogens with zero attached hydrogens (tertiary/aromatic N) is 3. The molecule has 0 bridgehead atoms. The first-order valence-electron chi connectivity index (χ1n) is 9.21. The zero-order chi connectivity index (χ0) is 20.2. The van der Waals surface area contributed by atoms with E-state index in [1.54, 1.807) is 36.5 Å². The summed E-state index contributed by atoms with van der Waals surface area (Å²) in [4.78, 5) is 33.9. The SMILES string of the molecule is O=C(Nc1ccc(C(=O)N2CCN(c3ccc(Cl)cn3)CC2)cc1)c1cccs1. The van der Waals surface area contributed by atoms with Crippen molar-refractivity contribution in [2.24, 2.45) is 0 Å². The minimum Gasteiger partial charge on any atom is -0.353 e. The lowest BCUT2D eigenvalue weighted by atomic mass is 10.1. The zero-order valence-corrected chi connectivity index (χ0v) is 17.1. The van der Waals surface area contributed by atoms with Crippen molar-refractivity contribution < 1.29 is 9.59 Å². The number of thiophene rings is 1. The smallest absolute Gasteiger partial charge is 0.265 e. The maximum Gasteiger partial charge on any atom is 0.265 e. The van der Waals surface area contributed by atoms with E-state index in [0.29, 0.717) is 34.2 Å². The normalized spacial score (nSPS) is 14.0. The van der Waals surface area contributed by atoms with Crippen molar-refractivity contribution in [3.05, 3.63) is 75.6 Å². The van der Waals surface area contributed by atoms with E-state index in [0.717, 1.165) is 18.9 Å². The summed E-state index contributed by atoms with van der Waals surface area (Å²) in [7, 11) is 0. The molecule has 0 atom stereocenters. The predicted octanol–water partition coefficient (Wildman–Crippen LogP) is 4.01. The van der Waals surface area contributed by atoms with Crippen LogP contribution in [0.1, 0.15) is 20.0 Å². The minimum absolute atomic E-state index is 0.00940. The molecular formula is C21H19ClN4O2S. The summed E-state index contributed by atoms with van der Waals surface area (Å²) in [6, 6.07) is 14.3. The number of amides is 2. The van der Waals surface area contributed by atoms with Crippen LogP contribution in [-0.4, -0.2) is 47.9 Å². The highest BCUT2D eigenvalue weighted by atomic mass is 35.5. The number of rotatable bonds is 4. The van der Waals surface area contributed by atoms with E-state index in [-0.39, 0.29) is 11.8 Å². The van der Waals surface area contributed by atoms with Crippen LogP contribution in [0.5, 0.6) is 0 Å². The first-order chi connectivity index (χ1) is 14.1. The Morgan fingerprint density at radius 2 is 1.76 bits per heavy atom. The average molecular weight is 427 g/mol. The van der Waals surface area contributed by atoms with Crippen molar-refractivity contribution in [3.63, 3.8) is 0 Å². The zero-order valence-electron chi connectivity index (χ0n) is 15.5. The van der Waals surface area contributed by atoms with E-state index >= 15 is 0 Å². The fourth-order valence-electron chi connectivity index (χ4n) is 3.17. The summed E-state index contributed by atoms with van der Waals surface area (Å²) < 4.78 is 0.